The fourth-order valence-electron chi connectivity index (χ4n) is 3.91. The predicted octanol–water partition coefficient (Wildman–Crippen LogP) is 4.85. The minimum Gasteiger partial charge on any atom is -0.426 e. The van der Waals surface area contributed by atoms with Gasteiger partial charge in [-0.25, -0.2) is 0 Å². The van der Waals surface area contributed by atoms with Crippen molar-refractivity contribution in [3.05, 3.63) is 95.1 Å². The van der Waals surface area contributed by atoms with Gasteiger partial charge < -0.3 is 9.64 Å². The first-order valence-electron chi connectivity index (χ1n) is 10.2. The lowest BCUT2D eigenvalue weighted by Gasteiger charge is -2.19. The summed E-state index contributed by atoms with van der Waals surface area (Å²) < 4.78 is 5.57. The van der Waals surface area contributed by atoms with Crippen molar-refractivity contribution < 1.29 is 14.3 Å². The molecule has 0 N–H and O–H groups in total. The lowest BCUT2D eigenvalue weighted by atomic mass is 10.1. The number of rotatable bonds is 5. The van der Waals surface area contributed by atoms with Gasteiger partial charge in [0, 0.05) is 18.7 Å². The van der Waals surface area contributed by atoms with Gasteiger partial charge in [0.15, 0.2) is 0 Å². The quantitative estimate of drug-likeness (QED) is 0.455. The van der Waals surface area contributed by atoms with E-state index in [1.54, 1.807) is 4.90 Å². The molecule has 152 valence electrons. The lowest BCUT2D eigenvalue weighted by Crippen LogP contribution is -2.27. The Morgan fingerprint density at radius 1 is 0.967 bits per heavy atom. The molecule has 0 saturated carbocycles. The van der Waals surface area contributed by atoms with E-state index in [0.29, 0.717) is 12.3 Å². The molecule has 30 heavy (non-hydrogen) atoms. The molecule has 1 saturated heterocycles. The monoisotopic (exact) mass is 399 g/mol. The fraction of sp³-hybridized carbons (Fsp3) is 0.231. The molecule has 0 aromatic heterocycles. The minimum absolute atomic E-state index is 0.0397. The smallest absolute Gasteiger partial charge is 0.316 e. The molecule has 1 atom stereocenters. The summed E-state index contributed by atoms with van der Waals surface area (Å²) in [5.74, 6) is -0.343. The molecule has 1 fully saturated rings. The number of ether oxygens (including phenoxy) is 1. The van der Waals surface area contributed by atoms with Crippen LogP contribution in [0.3, 0.4) is 0 Å². The average molecular weight is 399 g/mol. The van der Waals surface area contributed by atoms with Gasteiger partial charge in [0.05, 0.1) is 5.92 Å². The van der Waals surface area contributed by atoms with E-state index in [-0.39, 0.29) is 18.3 Å². The summed E-state index contributed by atoms with van der Waals surface area (Å²) in [5, 5.41) is 0. The molecule has 1 aliphatic rings. The summed E-state index contributed by atoms with van der Waals surface area (Å²) >= 11 is 0. The second kappa shape index (κ2) is 8.54. The van der Waals surface area contributed by atoms with E-state index < -0.39 is 5.92 Å². The topological polar surface area (TPSA) is 46.6 Å². The fourth-order valence-corrected chi connectivity index (χ4v) is 3.91. The summed E-state index contributed by atoms with van der Waals surface area (Å²) in [4.78, 5) is 26.9. The molecule has 1 heterocycles. The number of anilines is 1. The Kier molecular flexibility index (Phi) is 5.66. The van der Waals surface area contributed by atoms with E-state index in [1.165, 1.54) is 5.56 Å². The van der Waals surface area contributed by atoms with Crippen LogP contribution in [0.15, 0.2) is 72.8 Å². The summed E-state index contributed by atoms with van der Waals surface area (Å²) in [6.45, 7) is 4.36. The van der Waals surface area contributed by atoms with E-state index >= 15 is 0 Å². The molecule has 0 bridgehead atoms. The van der Waals surface area contributed by atoms with Crippen molar-refractivity contribution in [1.29, 1.82) is 0 Å². The SMILES string of the molecule is Cc1ccc(N2C[C@H](C(=O)Oc3ccc(Cc4ccccc4)cc3)CC2=O)c(C)c1. The number of hydrogen-bond acceptors (Lipinski definition) is 3. The van der Waals surface area contributed by atoms with Crippen molar-refractivity contribution in [3.63, 3.8) is 0 Å². The van der Waals surface area contributed by atoms with Gasteiger partial charge in [-0.3, -0.25) is 9.59 Å². The van der Waals surface area contributed by atoms with Crippen molar-refractivity contribution >= 4 is 17.6 Å². The highest BCUT2D eigenvalue weighted by atomic mass is 16.5. The molecule has 3 aromatic rings. The van der Waals surface area contributed by atoms with Gasteiger partial charge in [-0.15, -0.1) is 0 Å². The number of benzene rings is 3. The summed E-state index contributed by atoms with van der Waals surface area (Å²) in [5.41, 5.74) is 5.43. The zero-order chi connectivity index (χ0) is 21.1. The molecule has 1 amide bonds. The maximum Gasteiger partial charge on any atom is 0.316 e. The first-order valence-corrected chi connectivity index (χ1v) is 10.2. The Morgan fingerprint density at radius 2 is 1.67 bits per heavy atom. The second-order valence-electron chi connectivity index (χ2n) is 7.92. The number of aryl methyl sites for hydroxylation is 2. The minimum atomic E-state index is -0.456. The van der Waals surface area contributed by atoms with Gasteiger partial charge in [-0.2, -0.15) is 0 Å². The van der Waals surface area contributed by atoms with Crippen molar-refractivity contribution in [2.45, 2.75) is 26.7 Å². The van der Waals surface area contributed by atoms with Gasteiger partial charge in [0.2, 0.25) is 5.91 Å². The van der Waals surface area contributed by atoms with Crippen LogP contribution in [0.2, 0.25) is 0 Å². The molecular formula is C26H25NO3. The van der Waals surface area contributed by atoms with Gasteiger partial charge in [-0.05, 0) is 55.2 Å². The van der Waals surface area contributed by atoms with Crippen LogP contribution in [0.25, 0.3) is 0 Å². The summed E-state index contributed by atoms with van der Waals surface area (Å²) in [7, 11) is 0. The van der Waals surface area contributed by atoms with E-state index in [1.807, 2.05) is 74.5 Å². The third-order valence-electron chi connectivity index (χ3n) is 5.49. The molecular weight excluding hydrogens is 374 g/mol. The largest absolute Gasteiger partial charge is 0.426 e. The van der Waals surface area contributed by atoms with Crippen LogP contribution in [-0.4, -0.2) is 18.4 Å². The number of carbonyl (C=O) groups excluding carboxylic acids is 2. The molecule has 0 spiro atoms. The van der Waals surface area contributed by atoms with Crippen molar-refractivity contribution in [2.24, 2.45) is 5.92 Å². The van der Waals surface area contributed by atoms with E-state index in [4.69, 9.17) is 4.74 Å². The van der Waals surface area contributed by atoms with E-state index in [9.17, 15) is 9.59 Å². The van der Waals surface area contributed by atoms with Crippen LogP contribution in [0, 0.1) is 19.8 Å². The van der Waals surface area contributed by atoms with Gasteiger partial charge >= 0.3 is 5.97 Å². The maximum absolute atomic E-state index is 12.7. The molecule has 4 heteroatoms. The van der Waals surface area contributed by atoms with Crippen LogP contribution in [-0.2, 0) is 16.0 Å². The maximum atomic E-state index is 12.7. The molecule has 0 radical (unpaired) electrons. The van der Waals surface area contributed by atoms with Gasteiger partial charge in [-0.1, -0.05) is 60.2 Å². The predicted molar refractivity (Wildman–Crippen MR) is 118 cm³/mol. The van der Waals surface area contributed by atoms with E-state index in [2.05, 4.69) is 12.1 Å². The van der Waals surface area contributed by atoms with Crippen LogP contribution in [0.1, 0.15) is 28.7 Å². The Labute approximate surface area is 177 Å². The first-order chi connectivity index (χ1) is 14.5. The normalized spacial score (nSPS) is 16.0. The Bertz CT molecular complexity index is 1060. The number of amides is 1. The molecule has 1 aliphatic heterocycles. The summed E-state index contributed by atoms with van der Waals surface area (Å²) in [6.07, 6.45) is 1.01. The number of esters is 1. The zero-order valence-corrected chi connectivity index (χ0v) is 17.3. The molecule has 3 aromatic carbocycles. The second-order valence-corrected chi connectivity index (χ2v) is 7.92. The van der Waals surface area contributed by atoms with Crippen LogP contribution in [0.5, 0.6) is 5.75 Å². The van der Waals surface area contributed by atoms with Crippen molar-refractivity contribution in [2.75, 3.05) is 11.4 Å². The van der Waals surface area contributed by atoms with E-state index in [0.717, 1.165) is 28.8 Å². The number of hydrogen-bond donors (Lipinski definition) is 0. The van der Waals surface area contributed by atoms with Gasteiger partial charge in [0.25, 0.3) is 0 Å². The zero-order valence-electron chi connectivity index (χ0n) is 17.3. The van der Waals surface area contributed by atoms with Crippen LogP contribution < -0.4 is 9.64 Å². The Balaban J connectivity index is 1.39. The molecule has 4 rings (SSSR count). The third-order valence-corrected chi connectivity index (χ3v) is 5.49. The Morgan fingerprint density at radius 3 is 2.37 bits per heavy atom. The first kappa shape index (κ1) is 19.9. The lowest BCUT2D eigenvalue weighted by molar-refractivity contribution is -0.139. The van der Waals surface area contributed by atoms with Crippen molar-refractivity contribution in [3.8, 4) is 5.75 Å². The highest BCUT2D eigenvalue weighted by Crippen LogP contribution is 2.29. The standard InChI is InChI=1S/C26H25NO3/c1-18-8-13-24(19(2)14-18)27-17-22(16-25(27)28)26(29)30-23-11-9-21(10-12-23)15-20-6-4-3-5-7-20/h3-14,22H,15-17H2,1-2H3/t22-/m1/s1. The summed E-state index contributed by atoms with van der Waals surface area (Å²) in [6, 6.07) is 23.8. The molecule has 0 aliphatic carbocycles. The third kappa shape index (κ3) is 4.43. The number of nitrogens with zero attached hydrogens (tertiary/aromatic N) is 1. The molecule has 0 unspecified atom stereocenters. The van der Waals surface area contributed by atoms with Crippen LogP contribution >= 0.6 is 0 Å². The highest BCUT2D eigenvalue weighted by molar-refractivity contribution is 6.00. The van der Waals surface area contributed by atoms with Crippen molar-refractivity contribution in [1.82, 2.24) is 0 Å². The number of carbonyl (C=O) groups is 2. The average Bonchev–Trinajstić information content (AvgIpc) is 3.12. The van der Waals surface area contributed by atoms with Crippen LogP contribution in [0.4, 0.5) is 5.69 Å². The Hall–Kier alpha value is -3.40. The molecule has 4 nitrogen and oxygen atoms in total. The van der Waals surface area contributed by atoms with Gasteiger partial charge in [0.1, 0.15) is 5.75 Å². The highest BCUT2D eigenvalue weighted by Gasteiger charge is 2.36.